The lowest BCUT2D eigenvalue weighted by molar-refractivity contribution is 0.102. The average molecular weight is 437 g/mol. The van der Waals surface area contributed by atoms with Crippen molar-refractivity contribution in [3.63, 3.8) is 0 Å². The van der Waals surface area contributed by atoms with E-state index in [1.165, 1.54) is 0 Å². The molecule has 2 rings (SSSR count). The zero-order chi connectivity index (χ0) is 13.1. The van der Waals surface area contributed by atoms with Gasteiger partial charge in [-0.3, -0.25) is 4.79 Å². The van der Waals surface area contributed by atoms with Gasteiger partial charge in [0.2, 0.25) is 0 Å². The Hall–Kier alpha value is -0.660. The first kappa shape index (κ1) is 13.8. The minimum Gasteiger partial charge on any atom is -0.306 e. The monoisotopic (exact) mass is 436 g/mol. The number of rotatable bonds is 2. The van der Waals surface area contributed by atoms with Gasteiger partial charge in [0.05, 0.1) is 5.56 Å². The Morgan fingerprint density at radius 1 is 1.33 bits per heavy atom. The summed E-state index contributed by atoms with van der Waals surface area (Å²) >= 11 is 11.2. The molecule has 0 spiro atoms. The number of carbonyl (C=O) groups excluding carboxylic acids is 1. The molecule has 0 fully saturated rings. The summed E-state index contributed by atoms with van der Waals surface area (Å²) in [5.41, 5.74) is 0.590. The Kier molecular flexibility index (Phi) is 4.58. The second-order valence-corrected chi connectivity index (χ2v) is 5.89. The minimum atomic E-state index is -0.213. The summed E-state index contributed by atoms with van der Waals surface area (Å²) in [5.74, 6) is 0.221. The van der Waals surface area contributed by atoms with Crippen LogP contribution in [0, 0.1) is 3.57 Å². The van der Waals surface area contributed by atoms with E-state index in [4.69, 9.17) is 11.6 Å². The molecular weight excluding hydrogens is 430 g/mol. The molecular formula is C12H7BrClIN2O. The molecule has 2 aromatic rings. The van der Waals surface area contributed by atoms with Gasteiger partial charge in [0.1, 0.15) is 11.0 Å². The third kappa shape index (κ3) is 3.43. The summed E-state index contributed by atoms with van der Waals surface area (Å²) in [5, 5.41) is 3.05. The maximum atomic E-state index is 12.1. The summed E-state index contributed by atoms with van der Waals surface area (Å²) in [6, 6.07) is 10.6. The van der Waals surface area contributed by atoms with Crippen molar-refractivity contribution in [2.75, 3.05) is 5.32 Å². The standard InChI is InChI=1S/C12H7BrClIN2O/c13-7-4-5-9(15)8(6-7)12(18)17-11-3-1-2-10(14)16-11/h1-6H,(H,16,17,18). The van der Waals surface area contributed by atoms with E-state index in [0.29, 0.717) is 16.5 Å². The second-order valence-electron chi connectivity index (χ2n) is 3.42. The quantitative estimate of drug-likeness (QED) is 0.561. The largest absolute Gasteiger partial charge is 0.306 e. The highest BCUT2D eigenvalue weighted by atomic mass is 127. The number of anilines is 1. The van der Waals surface area contributed by atoms with E-state index in [1.54, 1.807) is 24.3 Å². The molecule has 0 saturated carbocycles. The van der Waals surface area contributed by atoms with Gasteiger partial charge in [-0.1, -0.05) is 33.6 Å². The van der Waals surface area contributed by atoms with Crippen molar-refractivity contribution in [3.05, 3.63) is 55.2 Å². The molecule has 0 aliphatic heterocycles. The highest BCUT2D eigenvalue weighted by molar-refractivity contribution is 14.1. The van der Waals surface area contributed by atoms with Crippen molar-refractivity contribution >= 4 is 61.8 Å². The summed E-state index contributed by atoms with van der Waals surface area (Å²) in [6.07, 6.45) is 0. The van der Waals surface area contributed by atoms with Crippen LogP contribution in [0.5, 0.6) is 0 Å². The van der Waals surface area contributed by atoms with E-state index in [9.17, 15) is 4.79 Å². The molecule has 1 aromatic heterocycles. The number of hydrogen-bond acceptors (Lipinski definition) is 2. The van der Waals surface area contributed by atoms with Gasteiger partial charge in [-0.15, -0.1) is 0 Å². The summed E-state index contributed by atoms with van der Waals surface area (Å²) in [6.45, 7) is 0. The van der Waals surface area contributed by atoms with Gasteiger partial charge in [-0.25, -0.2) is 4.98 Å². The Morgan fingerprint density at radius 2 is 2.11 bits per heavy atom. The maximum Gasteiger partial charge on any atom is 0.257 e. The predicted octanol–water partition coefficient (Wildman–Crippen LogP) is 4.35. The molecule has 0 bridgehead atoms. The van der Waals surface area contributed by atoms with Gasteiger partial charge >= 0.3 is 0 Å². The van der Waals surface area contributed by atoms with Crippen molar-refractivity contribution in [3.8, 4) is 0 Å². The Balaban J connectivity index is 2.24. The molecule has 0 unspecified atom stereocenters. The van der Waals surface area contributed by atoms with Crippen LogP contribution in [-0.2, 0) is 0 Å². The smallest absolute Gasteiger partial charge is 0.257 e. The molecule has 0 radical (unpaired) electrons. The normalized spacial score (nSPS) is 10.2. The number of carbonyl (C=O) groups is 1. The lowest BCUT2D eigenvalue weighted by Gasteiger charge is -2.06. The zero-order valence-corrected chi connectivity index (χ0v) is 13.5. The van der Waals surface area contributed by atoms with Crippen LogP contribution < -0.4 is 5.32 Å². The third-order valence-electron chi connectivity index (χ3n) is 2.13. The zero-order valence-electron chi connectivity index (χ0n) is 8.95. The molecule has 1 amide bonds. The van der Waals surface area contributed by atoms with Crippen LogP contribution in [0.4, 0.5) is 5.82 Å². The van der Waals surface area contributed by atoms with Gasteiger partial charge in [0.25, 0.3) is 5.91 Å². The molecule has 0 saturated heterocycles. The van der Waals surface area contributed by atoms with Gasteiger partial charge < -0.3 is 5.32 Å². The fraction of sp³-hybridized carbons (Fsp3) is 0. The predicted molar refractivity (Wildman–Crippen MR) is 84.1 cm³/mol. The lowest BCUT2D eigenvalue weighted by Crippen LogP contribution is -2.14. The number of benzene rings is 1. The third-order valence-corrected chi connectivity index (χ3v) is 3.77. The van der Waals surface area contributed by atoms with Crippen molar-refractivity contribution in [2.45, 2.75) is 0 Å². The number of hydrogen-bond donors (Lipinski definition) is 1. The van der Waals surface area contributed by atoms with E-state index in [0.717, 1.165) is 8.04 Å². The fourth-order valence-electron chi connectivity index (χ4n) is 1.33. The molecule has 0 atom stereocenters. The molecule has 18 heavy (non-hydrogen) atoms. The SMILES string of the molecule is O=C(Nc1cccc(Cl)n1)c1cc(Br)ccc1I. The lowest BCUT2D eigenvalue weighted by atomic mass is 10.2. The number of nitrogens with zero attached hydrogens (tertiary/aromatic N) is 1. The first-order chi connectivity index (χ1) is 8.56. The highest BCUT2D eigenvalue weighted by Gasteiger charge is 2.11. The maximum absolute atomic E-state index is 12.1. The van der Waals surface area contributed by atoms with Gasteiger partial charge in [0, 0.05) is 8.04 Å². The van der Waals surface area contributed by atoms with E-state index >= 15 is 0 Å². The fourth-order valence-corrected chi connectivity index (χ4v) is 2.44. The van der Waals surface area contributed by atoms with E-state index < -0.39 is 0 Å². The number of amides is 1. The summed E-state index contributed by atoms with van der Waals surface area (Å²) in [7, 11) is 0. The highest BCUT2D eigenvalue weighted by Crippen LogP contribution is 2.19. The van der Waals surface area contributed by atoms with Crippen LogP contribution in [0.1, 0.15) is 10.4 Å². The number of halogens is 3. The molecule has 6 heteroatoms. The van der Waals surface area contributed by atoms with Crippen molar-refractivity contribution in [1.82, 2.24) is 4.98 Å². The number of aromatic nitrogens is 1. The minimum absolute atomic E-state index is 0.213. The van der Waals surface area contributed by atoms with E-state index in [-0.39, 0.29) is 5.91 Å². The first-order valence-corrected chi connectivity index (χ1v) is 7.20. The number of pyridine rings is 1. The van der Waals surface area contributed by atoms with Crippen LogP contribution in [0.25, 0.3) is 0 Å². The number of nitrogens with one attached hydrogen (secondary N) is 1. The average Bonchev–Trinajstić information content (AvgIpc) is 2.32. The van der Waals surface area contributed by atoms with Crippen LogP contribution in [0.15, 0.2) is 40.9 Å². The van der Waals surface area contributed by atoms with Crippen LogP contribution >= 0.6 is 50.1 Å². The molecule has 1 heterocycles. The molecule has 92 valence electrons. The van der Waals surface area contributed by atoms with Crippen LogP contribution in [0.3, 0.4) is 0 Å². The Labute approximate surface area is 131 Å². The molecule has 0 aliphatic rings. The molecule has 1 aromatic carbocycles. The van der Waals surface area contributed by atoms with E-state index in [2.05, 4.69) is 48.8 Å². The first-order valence-electron chi connectivity index (χ1n) is 4.95. The van der Waals surface area contributed by atoms with Gasteiger partial charge in [0.15, 0.2) is 0 Å². The van der Waals surface area contributed by atoms with Crippen LogP contribution in [0.2, 0.25) is 5.15 Å². The van der Waals surface area contributed by atoms with Crippen molar-refractivity contribution in [1.29, 1.82) is 0 Å². The summed E-state index contributed by atoms with van der Waals surface area (Å²) in [4.78, 5) is 16.1. The Morgan fingerprint density at radius 3 is 2.83 bits per heavy atom. The molecule has 0 aliphatic carbocycles. The topological polar surface area (TPSA) is 42.0 Å². The molecule has 1 N–H and O–H groups in total. The summed E-state index contributed by atoms with van der Waals surface area (Å²) < 4.78 is 1.72. The van der Waals surface area contributed by atoms with Gasteiger partial charge in [-0.2, -0.15) is 0 Å². The van der Waals surface area contributed by atoms with Crippen LogP contribution in [-0.4, -0.2) is 10.9 Å². The Bertz CT molecular complexity index is 606. The van der Waals surface area contributed by atoms with Crippen molar-refractivity contribution in [2.24, 2.45) is 0 Å². The second kappa shape index (κ2) is 5.99. The van der Waals surface area contributed by atoms with Gasteiger partial charge in [-0.05, 0) is 52.9 Å². The van der Waals surface area contributed by atoms with E-state index in [1.807, 2.05) is 12.1 Å². The van der Waals surface area contributed by atoms with Crippen molar-refractivity contribution < 1.29 is 4.79 Å². The molecule has 3 nitrogen and oxygen atoms in total.